The molecular formula is C53H36N2O2. The summed E-state index contributed by atoms with van der Waals surface area (Å²) in [4.78, 5) is 5.43. The molecule has 8 aromatic rings. The Labute approximate surface area is 330 Å². The van der Waals surface area contributed by atoms with Gasteiger partial charge in [0, 0.05) is 44.6 Å². The standard InChI is InChI=1S/C53H36N2O2/c1-2-15-33(16-3-1)46-32-47(34-29-30-39-38-20-8-12-27-48(38)56-50(39)31-34)55-52(54-46)41-21-5-4-17-35(41)40-22-14-26-45-51(40)57-49-28-13-11-25-44(49)53(45)42-23-9-6-18-36(42)37-19-7-10-24-43(37)53/h1-24,26-32,44,52,55H,25H2. The second kappa shape index (κ2) is 12.4. The molecule has 1 spiro atoms. The first-order valence-electron chi connectivity index (χ1n) is 19.8. The normalized spacial score (nSPS) is 18.4. The van der Waals surface area contributed by atoms with Crippen LogP contribution in [0.1, 0.15) is 46.0 Å². The average Bonchev–Trinajstić information content (AvgIpc) is 3.80. The van der Waals surface area contributed by atoms with E-state index in [1.807, 2.05) is 18.2 Å². The van der Waals surface area contributed by atoms with Crippen LogP contribution in [0.25, 0.3) is 49.9 Å². The van der Waals surface area contributed by atoms with Gasteiger partial charge in [-0.25, -0.2) is 0 Å². The molecule has 1 aromatic heterocycles. The van der Waals surface area contributed by atoms with Gasteiger partial charge < -0.3 is 14.5 Å². The van der Waals surface area contributed by atoms with E-state index in [1.54, 1.807) is 0 Å². The molecule has 7 aromatic carbocycles. The highest BCUT2D eigenvalue weighted by Crippen LogP contribution is 2.64. The molecule has 12 rings (SSSR count). The van der Waals surface area contributed by atoms with Gasteiger partial charge in [-0.1, -0.05) is 158 Å². The molecule has 3 heterocycles. The summed E-state index contributed by atoms with van der Waals surface area (Å²) >= 11 is 0. The summed E-state index contributed by atoms with van der Waals surface area (Å²) in [6.07, 6.45) is 9.30. The summed E-state index contributed by atoms with van der Waals surface area (Å²) in [5, 5.41) is 6.09. The molecule has 0 saturated carbocycles. The lowest BCUT2D eigenvalue weighted by Crippen LogP contribution is -2.42. The first-order chi connectivity index (χ1) is 28.3. The van der Waals surface area contributed by atoms with Crippen LogP contribution in [0, 0.1) is 5.92 Å². The van der Waals surface area contributed by atoms with E-state index in [0.717, 1.165) is 79.1 Å². The van der Waals surface area contributed by atoms with Crippen molar-refractivity contribution in [2.24, 2.45) is 10.9 Å². The lowest BCUT2D eigenvalue weighted by atomic mass is 9.60. The van der Waals surface area contributed by atoms with Crippen molar-refractivity contribution < 1.29 is 9.15 Å². The number of nitrogens with one attached hydrogen (secondary N) is 1. The van der Waals surface area contributed by atoms with Crippen molar-refractivity contribution in [3.8, 4) is 28.0 Å². The largest absolute Gasteiger partial charge is 0.460 e. The highest BCUT2D eigenvalue weighted by Gasteiger charge is 2.55. The van der Waals surface area contributed by atoms with Crippen molar-refractivity contribution in [1.82, 2.24) is 5.32 Å². The summed E-state index contributed by atoms with van der Waals surface area (Å²) in [6, 6.07) is 58.5. The fourth-order valence-corrected chi connectivity index (χ4v) is 10.0. The van der Waals surface area contributed by atoms with Gasteiger partial charge >= 0.3 is 0 Å². The van der Waals surface area contributed by atoms with Gasteiger partial charge in [0.1, 0.15) is 28.8 Å². The average molecular weight is 733 g/mol. The molecule has 2 aliphatic heterocycles. The predicted molar refractivity (Wildman–Crippen MR) is 230 cm³/mol. The molecule has 1 N–H and O–H groups in total. The molecule has 0 bridgehead atoms. The quantitative estimate of drug-likeness (QED) is 0.196. The van der Waals surface area contributed by atoms with Crippen LogP contribution in [0.4, 0.5) is 0 Å². The van der Waals surface area contributed by atoms with Crippen LogP contribution in [-0.2, 0) is 5.41 Å². The SMILES string of the molecule is C1=CCC2C(=C1)Oc1c(-c3ccccc3C3N=C(c4ccccc4)C=C(c4ccc5c(c4)oc4ccccc45)N3)cccc1C21c2ccccc2-c2ccccc21. The Balaban J connectivity index is 1.04. The molecule has 0 amide bonds. The molecule has 0 fully saturated rings. The first kappa shape index (κ1) is 32.1. The van der Waals surface area contributed by atoms with Gasteiger partial charge in [-0.05, 0) is 70.2 Å². The van der Waals surface area contributed by atoms with Crippen molar-refractivity contribution in [3.05, 3.63) is 227 Å². The number of ether oxygens (including phenoxy) is 1. The summed E-state index contributed by atoms with van der Waals surface area (Å²) in [5.74, 6) is 2.04. The maximum absolute atomic E-state index is 7.16. The fourth-order valence-electron chi connectivity index (χ4n) is 10.0. The van der Waals surface area contributed by atoms with Crippen molar-refractivity contribution in [2.75, 3.05) is 0 Å². The Morgan fingerprint density at radius 3 is 2.11 bits per heavy atom. The lowest BCUT2D eigenvalue weighted by Gasteiger charge is -2.46. The monoisotopic (exact) mass is 732 g/mol. The Hall–Kier alpha value is -7.17. The van der Waals surface area contributed by atoms with Crippen LogP contribution in [0.15, 0.2) is 203 Å². The van der Waals surface area contributed by atoms with Crippen LogP contribution in [0.2, 0.25) is 0 Å². The molecule has 2 aliphatic carbocycles. The third-order valence-corrected chi connectivity index (χ3v) is 12.4. The Kier molecular flexibility index (Phi) is 7.00. The van der Waals surface area contributed by atoms with Crippen molar-refractivity contribution in [2.45, 2.75) is 18.0 Å². The van der Waals surface area contributed by atoms with Gasteiger partial charge in [-0.3, -0.25) is 4.99 Å². The minimum atomic E-state index is -0.407. The number of fused-ring (bicyclic) bond motifs is 12. The molecule has 0 radical (unpaired) electrons. The molecular weight excluding hydrogens is 697 g/mol. The Morgan fingerprint density at radius 2 is 1.26 bits per heavy atom. The first-order valence-corrected chi connectivity index (χ1v) is 19.8. The Bertz CT molecular complexity index is 3030. The number of hydrogen-bond acceptors (Lipinski definition) is 4. The minimum absolute atomic E-state index is 0.125. The fraction of sp³-hybridized carbons (Fsp3) is 0.0755. The van der Waals surface area contributed by atoms with Crippen LogP contribution in [-0.4, -0.2) is 5.71 Å². The van der Waals surface area contributed by atoms with Gasteiger partial charge in [0.05, 0.1) is 11.1 Å². The Morgan fingerprint density at radius 1 is 0.579 bits per heavy atom. The molecule has 270 valence electrons. The number of nitrogens with zero attached hydrogens (tertiary/aromatic N) is 1. The molecule has 4 aliphatic rings. The van der Waals surface area contributed by atoms with Crippen molar-refractivity contribution in [1.29, 1.82) is 0 Å². The van der Waals surface area contributed by atoms with E-state index in [1.165, 1.54) is 27.8 Å². The van der Waals surface area contributed by atoms with Crippen molar-refractivity contribution in [3.63, 3.8) is 0 Å². The topological polar surface area (TPSA) is 46.8 Å². The second-order valence-corrected chi connectivity index (χ2v) is 15.4. The van der Waals surface area contributed by atoms with Crippen LogP contribution in [0.5, 0.6) is 5.75 Å². The van der Waals surface area contributed by atoms with E-state index >= 15 is 0 Å². The van der Waals surface area contributed by atoms with Crippen LogP contribution >= 0.6 is 0 Å². The van der Waals surface area contributed by atoms with E-state index in [2.05, 4.69) is 175 Å². The van der Waals surface area contributed by atoms with E-state index < -0.39 is 5.41 Å². The number of aliphatic imine (C=N–C) groups is 1. The molecule has 4 heteroatoms. The maximum atomic E-state index is 7.16. The lowest BCUT2D eigenvalue weighted by molar-refractivity contribution is 0.254. The number of furan rings is 1. The molecule has 4 nitrogen and oxygen atoms in total. The summed E-state index contributed by atoms with van der Waals surface area (Å²) < 4.78 is 13.5. The van der Waals surface area contributed by atoms with Gasteiger partial charge in [0.2, 0.25) is 0 Å². The summed E-state index contributed by atoms with van der Waals surface area (Å²) in [5.41, 5.74) is 15.0. The predicted octanol–water partition coefficient (Wildman–Crippen LogP) is 12.6. The minimum Gasteiger partial charge on any atom is -0.460 e. The highest BCUT2D eigenvalue weighted by atomic mass is 16.5. The van der Waals surface area contributed by atoms with Gasteiger partial charge in [0.15, 0.2) is 0 Å². The number of benzene rings is 7. The van der Waals surface area contributed by atoms with Gasteiger partial charge in [0.25, 0.3) is 0 Å². The van der Waals surface area contributed by atoms with E-state index in [9.17, 15) is 0 Å². The molecule has 0 saturated heterocycles. The third kappa shape index (κ3) is 4.71. The van der Waals surface area contributed by atoms with E-state index in [0.29, 0.717) is 0 Å². The number of para-hydroxylation sites is 2. The molecule has 57 heavy (non-hydrogen) atoms. The van der Waals surface area contributed by atoms with E-state index in [-0.39, 0.29) is 12.1 Å². The third-order valence-electron chi connectivity index (χ3n) is 12.4. The van der Waals surface area contributed by atoms with Crippen LogP contribution in [0.3, 0.4) is 0 Å². The summed E-state index contributed by atoms with van der Waals surface area (Å²) in [7, 11) is 0. The van der Waals surface area contributed by atoms with E-state index in [4.69, 9.17) is 14.1 Å². The number of hydrogen-bond donors (Lipinski definition) is 1. The smallest absolute Gasteiger partial charge is 0.146 e. The summed E-state index contributed by atoms with van der Waals surface area (Å²) in [6.45, 7) is 0. The maximum Gasteiger partial charge on any atom is 0.146 e. The number of rotatable bonds is 4. The zero-order valence-electron chi connectivity index (χ0n) is 31.0. The second-order valence-electron chi connectivity index (χ2n) is 15.4. The highest BCUT2D eigenvalue weighted by molar-refractivity contribution is 6.13. The molecule has 2 atom stereocenters. The van der Waals surface area contributed by atoms with Crippen molar-refractivity contribution >= 4 is 33.3 Å². The van der Waals surface area contributed by atoms with Gasteiger partial charge in [-0.2, -0.15) is 0 Å². The van der Waals surface area contributed by atoms with Gasteiger partial charge in [-0.15, -0.1) is 0 Å². The zero-order valence-corrected chi connectivity index (χ0v) is 31.0. The zero-order chi connectivity index (χ0) is 37.5. The van der Waals surface area contributed by atoms with Crippen LogP contribution < -0.4 is 10.1 Å². The number of allylic oxidation sites excluding steroid dienone is 5. The molecule has 2 unspecified atom stereocenters.